The number of hydrogen-bond donors (Lipinski definition) is 2. The first-order valence-electron chi connectivity index (χ1n) is 6.75. The molecule has 0 unspecified atom stereocenters. The molecule has 0 radical (unpaired) electrons. The molecule has 23 heavy (non-hydrogen) atoms. The molecule has 7 heteroatoms. The molecule has 0 fully saturated rings. The second-order valence-electron chi connectivity index (χ2n) is 4.99. The number of benzene rings is 2. The SMILES string of the molecule is OCc1cc(CNCc2ccc(F)cc2C(F)(F)F)ccc1F. The number of nitrogens with one attached hydrogen (secondary N) is 1. The first kappa shape index (κ1) is 17.4. The van der Waals surface area contributed by atoms with E-state index in [1.165, 1.54) is 18.2 Å². The Morgan fingerprint density at radius 2 is 1.65 bits per heavy atom. The van der Waals surface area contributed by atoms with Crippen LogP contribution in [0.3, 0.4) is 0 Å². The highest BCUT2D eigenvalue weighted by atomic mass is 19.4. The van der Waals surface area contributed by atoms with Crippen molar-refractivity contribution in [1.82, 2.24) is 5.32 Å². The van der Waals surface area contributed by atoms with Gasteiger partial charge in [-0.1, -0.05) is 12.1 Å². The summed E-state index contributed by atoms with van der Waals surface area (Å²) in [5.74, 6) is -1.50. The van der Waals surface area contributed by atoms with E-state index in [9.17, 15) is 22.0 Å². The van der Waals surface area contributed by atoms with E-state index in [-0.39, 0.29) is 24.2 Å². The molecule has 0 atom stereocenters. The molecule has 124 valence electrons. The molecule has 0 heterocycles. The summed E-state index contributed by atoms with van der Waals surface area (Å²) in [5, 5.41) is 11.8. The van der Waals surface area contributed by atoms with Crippen LogP contribution in [0, 0.1) is 11.6 Å². The van der Waals surface area contributed by atoms with Gasteiger partial charge in [-0.05, 0) is 35.4 Å². The average molecular weight is 331 g/mol. The van der Waals surface area contributed by atoms with Crippen LogP contribution in [0.1, 0.15) is 22.3 Å². The van der Waals surface area contributed by atoms with Gasteiger partial charge < -0.3 is 10.4 Å². The summed E-state index contributed by atoms with van der Waals surface area (Å²) in [6.07, 6.45) is -4.64. The second kappa shape index (κ2) is 7.06. The van der Waals surface area contributed by atoms with Crippen molar-refractivity contribution in [3.8, 4) is 0 Å². The van der Waals surface area contributed by atoms with Crippen molar-refractivity contribution in [2.24, 2.45) is 0 Å². The van der Waals surface area contributed by atoms with Crippen molar-refractivity contribution in [1.29, 1.82) is 0 Å². The Labute approximate surface area is 129 Å². The maximum atomic E-state index is 13.2. The van der Waals surface area contributed by atoms with E-state index in [4.69, 9.17) is 5.11 Å². The summed E-state index contributed by atoms with van der Waals surface area (Å²) < 4.78 is 64.8. The van der Waals surface area contributed by atoms with Gasteiger partial charge in [0.25, 0.3) is 0 Å². The third-order valence-electron chi connectivity index (χ3n) is 3.30. The predicted octanol–water partition coefficient (Wildman–Crippen LogP) is 3.77. The molecule has 0 amide bonds. The van der Waals surface area contributed by atoms with E-state index in [0.717, 1.165) is 12.1 Å². The fraction of sp³-hybridized carbons (Fsp3) is 0.250. The monoisotopic (exact) mass is 331 g/mol. The summed E-state index contributed by atoms with van der Waals surface area (Å²) in [6, 6.07) is 6.58. The molecule has 2 aromatic rings. The molecule has 0 aliphatic heterocycles. The molecule has 0 saturated heterocycles. The lowest BCUT2D eigenvalue weighted by atomic mass is 10.1. The first-order chi connectivity index (χ1) is 10.8. The van der Waals surface area contributed by atoms with Crippen LogP contribution in [0.2, 0.25) is 0 Å². The van der Waals surface area contributed by atoms with Crippen LogP contribution in [0.4, 0.5) is 22.0 Å². The molecular weight excluding hydrogens is 317 g/mol. The Morgan fingerprint density at radius 3 is 2.30 bits per heavy atom. The Morgan fingerprint density at radius 1 is 0.913 bits per heavy atom. The number of halogens is 5. The quantitative estimate of drug-likeness (QED) is 0.818. The minimum atomic E-state index is -4.64. The van der Waals surface area contributed by atoms with Crippen LogP contribution < -0.4 is 5.32 Å². The zero-order valence-corrected chi connectivity index (χ0v) is 11.9. The second-order valence-corrected chi connectivity index (χ2v) is 4.99. The lowest BCUT2D eigenvalue weighted by Gasteiger charge is -2.14. The zero-order valence-electron chi connectivity index (χ0n) is 11.9. The molecule has 2 N–H and O–H groups in total. The van der Waals surface area contributed by atoms with Crippen LogP contribution in [0.5, 0.6) is 0 Å². The van der Waals surface area contributed by atoms with Gasteiger partial charge in [0.05, 0.1) is 12.2 Å². The molecule has 2 nitrogen and oxygen atoms in total. The van der Waals surface area contributed by atoms with Gasteiger partial charge in [0.15, 0.2) is 0 Å². The predicted molar refractivity (Wildman–Crippen MR) is 74.3 cm³/mol. The van der Waals surface area contributed by atoms with E-state index in [1.807, 2.05) is 0 Å². The normalized spacial score (nSPS) is 11.7. The third-order valence-corrected chi connectivity index (χ3v) is 3.30. The van der Waals surface area contributed by atoms with Gasteiger partial charge >= 0.3 is 6.18 Å². The van der Waals surface area contributed by atoms with E-state index < -0.39 is 30.0 Å². The van der Waals surface area contributed by atoms with Gasteiger partial charge in [-0.3, -0.25) is 0 Å². The number of alkyl halides is 3. The van der Waals surface area contributed by atoms with Crippen LogP contribution in [0.15, 0.2) is 36.4 Å². The number of aliphatic hydroxyl groups excluding tert-OH is 1. The number of rotatable bonds is 5. The molecule has 2 rings (SSSR count). The highest BCUT2D eigenvalue weighted by molar-refractivity contribution is 5.30. The summed E-state index contributed by atoms with van der Waals surface area (Å²) >= 11 is 0. The Balaban J connectivity index is 2.07. The van der Waals surface area contributed by atoms with Crippen molar-refractivity contribution < 1.29 is 27.1 Å². The fourth-order valence-electron chi connectivity index (χ4n) is 2.17. The molecule has 0 saturated carbocycles. The van der Waals surface area contributed by atoms with E-state index in [1.54, 1.807) is 0 Å². The first-order valence-corrected chi connectivity index (χ1v) is 6.75. The lowest BCUT2D eigenvalue weighted by Crippen LogP contribution is -2.17. The molecule has 0 spiro atoms. The van der Waals surface area contributed by atoms with Gasteiger partial charge in [0, 0.05) is 18.7 Å². The van der Waals surface area contributed by atoms with E-state index >= 15 is 0 Å². The minimum absolute atomic E-state index is 0.0802. The maximum Gasteiger partial charge on any atom is 0.416 e. The zero-order chi connectivity index (χ0) is 17.0. The van der Waals surface area contributed by atoms with E-state index in [2.05, 4.69) is 5.32 Å². The van der Waals surface area contributed by atoms with Crippen molar-refractivity contribution in [3.63, 3.8) is 0 Å². The molecule has 0 bridgehead atoms. The standard InChI is InChI=1S/C16H14F5NO/c17-13-3-2-11(14(6-13)16(19,20)21)8-22-7-10-1-4-15(18)12(5-10)9-23/h1-6,22-23H,7-9H2. The smallest absolute Gasteiger partial charge is 0.392 e. The van der Waals surface area contributed by atoms with Crippen molar-refractivity contribution >= 4 is 0 Å². The molecule has 0 aliphatic rings. The molecular formula is C16H14F5NO. The van der Waals surface area contributed by atoms with Gasteiger partial charge in [-0.25, -0.2) is 8.78 Å². The average Bonchev–Trinajstić information content (AvgIpc) is 2.49. The Kier molecular flexibility index (Phi) is 5.33. The molecule has 0 aromatic heterocycles. The van der Waals surface area contributed by atoms with Gasteiger partial charge in [0.2, 0.25) is 0 Å². The summed E-state index contributed by atoms with van der Waals surface area (Å²) in [5.41, 5.74) is -0.378. The van der Waals surface area contributed by atoms with Crippen LogP contribution in [-0.2, 0) is 25.9 Å². The summed E-state index contributed by atoms with van der Waals surface area (Å²) in [4.78, 5) is 0. The van der Waals surface area contributed by atoms with Crippen LogP contribution in [-0.4, -0.2) is 5.11 Å². The third kappa shape index (κ3) is 4.49. The summed E-state index contributed by atoms with van der Waals surface area (Å²) in [7, 11) is 0. The van der Waals surface area contributed by atoms with Crippen molar-refractivity contribution in [3.05, 3.63) is 70.3 Å². The van der Waals surface area contributed by atoms with Gasteiger partial charge in [-0.15, -0.1) is 0 Å². The lowest BCUT2D eigenvalue weighted by molar-refractivity contribution is -0.138. The number of aliphatic hydroxyl groups is 1. The van der Waals surface area contributed by atoms with Crippen LogP contribution in [0.25, 0.3) is 0 Å². The topological polar surface area (TPSA) is 32.3 Å². The Hall–Kier alpha value is -1.99. The molecule has 0 aliphatic carbocycles. The minimum Gasteiger partial charge on any atom is -0.392 e. The fourth-order valence-corrected chi connectivity index (χ4v) is 2.17. The van der Waals surface area contributed by atoms with Crippen LogP contribution >= 0.6 is 0 Å². The summed E-state index contributed by atoms with van der Waals surface area (Å²) in [6.45, 7) is -0.404. The van der Waals surface area contributed by atoms with Gasteiger partial charge in [-0.2, -0.15) is 13.2 Å². The van der Waals surface area contributed by atoms with E-state index in [0.29, 0.717) is 11.6 Å². The van der Waals surface area contributed by atoms with Gasteiger partial charge in [0.1, 0.15) is 11.6 Å². The largest absolute Gasteiger partial charge is 0.416 e. The van der Waals surface area contributed by atoms with Crippen molar-refractivity contribution in [2.45, 2.75) is 25.9 Å². The van der Waals surface area contributed by atoms with Crippen molar-refractivity contribution in [2.75, 3.05) is 0 Å². The highest BCUT2D eigenvalue weighted by Gasteiger charge is 2.33. The Bertz CT molecular complexity index is 685. The molecule has 2 aromatic carbocycles. The maximum absolute atomic E-state index is 13.2. The number of hydrogen-bond acceptors (Lipinski definition) is 2. The highest BCUT2D eigenvalue weighted by Crippen LogP contribution is 2.32.